The smallest absolute Gasteiger partial charge is 0.275 e. The van der Waals surface area contributed by atoms with Crippen LogP contribution < -0.4 is 10.2 Å². The van der Waals surface area contributed by atoms with Crippen molar-refractivity contribution in [3.8, 4) is 0 Å². The molecular formula is C16H17F3N4O. The Morgan fingerprint density at radius 1 is 1.17 bits per heavy atom. The summed E-state index contributed by atoms with van der Waals surface area (Å²) in [4.78, 5) is 22.0. The molecule has 2 aromatic rings. The van der Waals surface area contributed by atoms with Crippen molar-refractivity contribution in [1.82, 2.24) is 9.97 Å². The Labute approximate surface area is 137 Å². The number of nitrogens with one attached hydrogen (secondary N) is 1. The Morgan fingerprint density at radius 3 is 2.54 bits per heavy atom. The van der Waals surface area contributed by atoms with E-state index >= 15 is 0 Å². The maximum Gasteiger partial charge on any atom is 0.275 e. The molecule has 0 unspecified atom stereocenters. The second kappa shape index (κ2) is 7.76. The molecule has 0 atom stereocenters. The van der Waals surface area contributed by atoms with Gasteiger partial charge in [0.2, 0.25) is 0 Å². The molecule has 1 aromatic carbocycles. The number of carbonyl (C=O) groups excluding carboxylic acids is 1. The molecule has 8 heteroatoms. The Morgan fingerprint density at radius 2 is 1.92 bits per heavy atom. The zero-order chi connectivity index (χ0) is 17.7. The summed E-state index contributed by atoms with van der Waals surface area (Å²) in [6.45, 7) is 2.88. The summed E-state index contributed by atoms with van der Waals surface area (Å²) in [7, 11) is 1.86. The number of hydrogen-bond donors (Lipinski definition) is 1. The molecule has 0 aliphatic rings. The number of amides is 1. The first-order chi connectivity index (χ1) is 11.4. The van der Waals surface area contributed by atoms with Gasteiger partial charge in [0.15, 0.2) is 17.5 Å². The molecule has 24 heavy (non-hydrogen) atoms. The van der Waals surface area contributed by atoms with Crippen molar-refractivity contribution in [3.05, 3.63) is 47.7 Å². The minimum Gasteiger partial charge on any atom is -0.358 e. The Kier molecular flexibility index (Phi) is 5.73. The Hall–Kier alpha value is -2.64. The Bertz CT molecular complexity index is 722. The monoisotopic (exact) mass is 338 g/mol. The van der Waals surface area contributed by atoms with Crippen molar-refractivity contribution >= 4 is 17.4 Å². The van der Waals surface area contributed by atoms with E-state index < -0.39 is 29.0 Å². The summed E-state index contributed by atoms with van der Waals surface area (Å²) in [6.07, 6.45) is 4.70. The highest BCUT2D eigenvalue weighted by atomic mass is 19.2. The summed E-state index contributed by atoms with van der Waals surface area (Å²) in [5.74, 6) is -4.61. The van der Waals surface area contributed by atoms with E-state index in [0.29, 0.717) is 5.82 Å². The third-order valence-electron chi connectivity index (χ3n) is 3.39. The fourth-order valence-electron chi connectivity index (χ4n) is 1.95. The van der Waals surface area contributed by atoms with Crippen LogP contribution in [0.25, 0.3) is 0 Å². The van der Waals surface area contributed by atoms with Crippen molar-refractivity contribution in [3.63, 3.8) is 0 Å². The van der Waals surface area contributed by atoms with Crippen molar-refractivity contribution in [2.75, 3.05) is 23.8 Å². The lowest BCUT2D eigenvalue weighted by molar-refractivity contribution is 0.102. The first kappa shape index (κ1) is 17.7. The van der Waals surface area contributed by atoms with E-state index in [4.69, 9.17) is 0 Å². The summed E-state index contributed by atoms with van der Waals surface area (Å²) in [5, 5.41) is 2.14. The Balaban J connectivity index is 2.09. The molecule has 1 N–H and O–H groups in total. The number of halogens is 3. The fourth-order valence-corrected chi connectivity index (χ4v) is 1.95. The summed E-state index contributed by atoms with van der Waals surface area (Å²) in [6, 6.07) is 1.66. The molecule has 0 bridgehead atoms. The van der Waals surface area contributed by atoms with E-state index in [9.17, 15) is 18.0 Å². The van der Waals surface area contributed by atoms with Gasteiger partial charge in [-0.25, -0.2) is 23.1 Å². The fraction of sp³-hybridized carbons (Fsp3) is 0.312. The van der Waals surface area contributed by atoms with Crippen molar-refractivity contribution in [1.29, 1.82) is 0 Å². The van der Waals surface area contributed by atoms with E-state index in [2.05, 4.69) is 22.2 Å². The van der Waals surface area contributed by atoms with Gasteiger partial charge in [-0.05, 0) is 18.6 Å². The average molecular weight is 338 g/mol. The van der Waals surface area contributed by atoms with Crippen LogP contribution in [-0.2, 0) is 0 Å². The number of rotatable bonds is 6. The third-order valence-corrected chi connectivity index (χ3v) is 3.39. The second-order valence-corrected chi connectivity index (χ2v) is 5.21. The normalized spacial score (nSPS) is 10.5. The quantitative estimate of drug-likeness (QED) is 0.821. The molecule has 0 saturated carbocycles. The van der Waals surface area contributed by atoms with Crippen LogP contribution in [0.5, 0.6) is 0 Å². The highest BCUT2D eigenvalue weighted by Crippen LogP contribution is 2.20. The van der Waals surface area contributed by atoms with E-state index in [1.165, 1.54) is 12.4 Å². The molecule has 1 aromatic heterocycles. The lowest BCUT2D eigenvalue weighted by Gasteiger charge is -2.17. The molecule has 1 amide bonds. The second-order valence-electron chi connectivity index (χ2n) is 5.21. The molecule has 0 radical (unpaired) electrons. The zero-order valence-electron chi connectivity index (χ0n) is 13.3. The van der Waals surface area contributed by atoms with Crippen LogP contribution in [0.15, 0.2) is 24.5 Å². The molecular weight excluding hydrogens is 321 g/mol. The first-order valence-corrected chi connectivity index (χ1v) is 7.42. The van der Waals surface area contributed by atoms with Gasteiger partial charge in [0.25, 0.3) is 5.91 Å². The third kappa shape index (κ3) is 4.01. The minimum absolute atomic E-state index is 0.0632. The van der Waals surface area contributed by atoms with Crippen LogP contribution in [0.2, 0.25) is 0 Å². The molecule has 2 rings (SSSR count). The largest absolute Gasteiger partial charge is 0.358 e. The molecule has 0 aliphatic heterocycles. The van der Waals surface area contributed by atoms with Crippen LogP contribution in [-0.4, -0.2) is 29.5 Å². The highest BCUT2D eigenvalue weighted by Gasteiger charge is 2.17. The average Bonchev–Trinajstić information content (AvgIpc) is 2.60. The van der Waals surface area contributed by atoms with Gasteiger partial charge in [-0.1, -0.05) is 13.3 Å². The predicted molar refractivity (Wildman–Crippen MR) is 84.5 cm³/mol. The SMILES string of the molecule is CCCCN(C)c1cnc(C(=O)Nc2ccc(F)c(F)c2F)cn1. The summed E-state index contributed by atoms with van der Waals surface area (Å²) in [5.41, 5.74) is -0.531. The number of nitrogens with zero attached hydrogens (tertiary/aromatic N) is 3. The van der Waals surface area contributed by atoms with Gasteiger partial charge in [0.05, 0.1) is 18.1 Å². The van der Waals surface area contributed by atoms with Crippen LogP contribution in [0.4, 0.5) is 24.7 Å². The lowest BCUT2D eigenvalue weighted by Crippen LogP contribution is -2.21. The number of anilines is 2. The highest BCUT2D eigenvalue weighted by molar-refractivity contribution is 6.02. The van der Waals surface area contributed by atoms with E-state index in [0.717, 1.165) is 31.5 Å². The molecule has 128 valence electrons. The predicted octanol–water partition coefficient (Wildman–Crippen LogP) is 3.38. The number of aromatic nitrogens is 2. The topological polar surface area (TPSA) is 58.1 Å². The summed E-state index contributed by atoms with van der Waals surface area (Å²) < 4.78 is 39.6. The first-order valence-electron chi connectivity index (χ1n) is 7.42. The van der Waals surface area contributed by atoms with Crippen molar-refractivity contribution < 1.29 is 18.0 Å². The van der Waals surface area contributed by atoms with Gasteiger partial charge >= 0.3 is 0 Å². The maximum absolute atomic E-state index is 13.6. The van der Waals surface area contributed by atoms with E-state index in [1.54, 1.807) is 0 Å². The standard InChI is InChI=1S/C16H17F3N4O/c1-3-4-7-23(2)13-9-20-12(8-21-13)16(24)22-11-6-5-10(17)14(18)15(11)19/h5-6,8-9H,3-4,7H2,1-2H3,(H,22,24). The number of unbranched alkanes of at least 4 members (excludes halogenated alkanes) is 1. The minimum atomic E-state index is -1.65. The number of carbonyl (C=O) groups is 1. The molecule has 0 spiro atoms. The van der Waals surface area contributed by atoms with Crippen LogP contribution in [0.3, 0.4) is 0 Å². The molecule has 0 fully saturated rings. The maximum atomic E-state index is 13.6. The van der Waals surface area contributed by atoms with Crippen LogP contribution >= 0.6 is 0 Å². The van der Waals surface area contributed by atoms with Crippen LogP contribution in [0, 0.1) is 17.5 Å². The molecule has 1 heterocycles. The van der Waals surface area contributed by atoms with Gasteiger partial charge in [0.1, 0.15) is 11.5 Å². The molecule has 5 nitrogen and oxygen atoms in total. The van der Waals surface area contributed by atoms with E-state index in [-0.39, 0.29) is 5.69 Å². The zero-order valence-corrected chi connectivity index (χ0v) is 13.3. The van der Waals surface area contributed by atoms with Crippen LogP contribution in [0.1, 0.15) is 30.3 Å². The van der Waals surface area contributed by atoms with Gasteiger partial charge in [-0.3, -0.25) is 4.79 Å². The molecule has 0 aliphatic carbocycles. The van der Waals surface area contributed by atoms with Gasteiger partial charge in [-0.15, -0.1) is 0 Å². The number of hydrogen-bond acceptors (Lipinski definition) is 4. The lowest BCUT2D eigenvalue weighted by atomic mass is 10.2. The molecule has 0 saturated heterocycles. The van der Waals surface area contributed by atoms with E-state index in [1.807, 2.05) is 11.9 Å². The summed E-state index contributed by atoms with van der Waals surface area (Å²) >= 11 is 0. The van der Waals surface area contributed by atoms with Gasteiger partial charge in [0, 0.05) is 13.6 Å². The van der Waals surface area contributed by atoms with Crippen molar-refractivity contribution in [2.45, 2.75) is 19.8 Å². The number of benzene rings is 1. The van der Waals surface area contributed by atoms with Gasteiger partial charge in [-0.2, -0.15) is 0 Å². The van der Waals surface area contributed by atoms with Crippen molar-refractivity contribution in [2.24, 2.45) is 0 Å². The van der Waals surface area contributed by atoms with Gasteiger partial charge < -0.3 is 10.2 Å².